The minimum absolute atomic E-state index is 0.0715. The lowest BCUT2D eigenvalue weighted by molar-refractivity contribution is -0.122. The number of hydrogen-bond donors (Lipinski definition) is 1. The Hall–Kier alpha value is -1.93. The van der Waals surface area contributed by atoms with Gasteiger partial charge in [0.05, 0.1) is 18.1 Å². The molecule has 0 spiro atoms. The Morgan fingerprint density at radius 3 is 2.92 bits per heavy atom. The molecule has 1 unspecified atom stereocenters. The van der Waals surface area contributed by atoms with Gasteiger partial charge in [0.2, 0.25) is 5.91 Å². The summed E-state index contributed by atoms with van der Waals surface area (Å²) in [7, 11) is -1.15. The van der Waals surface area contributed by atoms with E-state index in [1.807, 2.05) is 24.3 Å². The summed E-state index contributed by atoms with van der Waals surface area (Å²) in [6.45, 7) is 0.621. The fourth-order valence-electron chi connectivity index (χ4n) is 2.87. The van der Waals surface area contributed by atoms with Crippen molar-refractivity contribution in [2.24, 2.45) is 0 Å². The van der Waals surface area contributed by atoms with Gasteiger partial charge in [-0.15, -0.1) is 0 Å². The van der Waals surface area contributed by atoms with Gasteiger partial charge in [0.1, 0.15) is 5.52 Å². The molecule has 2 heterocycles. The van der Waals surface area contributed by atoms with E-state index in [9.17, 15) is 13.2 Å². The molecule has 24 heavy (non-hydrogen) atoms. The number of likely N-dealkylation sites (N-methyl/N-ethyl adjacent to an activating group) is 1. The molecule has 0 radical (unpaired) electrons. The molecule has 1 N–H and O–H groups in total. The second-order valence-corrected chi connectivity index (χ2v) is 8.38. The van der Waals surface area contributed by atoms with Crippen LogP contribution < -0.4 is 5.32 Å². The molecule has 7 nitrogen and oxygen atoms in total. The number of rotatable bonds is 6. The second-order valence-electron chi connectivity index (χ2n) is 6.15. The van der Waals surface area contributed by atoms with Crippen molar-refractivity contribution in [1.82, 2.24) is 15.2 Å². The molecule has 3 rings (SSSR count). The maximum atomic E-state index is 12.0. The summed E-state index contributed by atoms with van der Waals surface area (Å²) in [6, 6.07) is 7.45. The lowest BCUT2D eigenvalue weighted by atomic mass is 10.2. The van der Waals surface area contributed by atoms with E-state index in [0.717, 1.165) is 11.1 Å². The average molecular weight is 351 g/mol. The highest BCUT2D eigenvalue weighted by atomic mass is 32.2. The van der Waals surface area contributed by atoms with Crippen LogP contribution in [0, 0.1) is 0 Å². The Bertz CT molecular complexity index is 798. The van der Waals surface area contributed by atoms with Crippen molar-refractivity contribution in [3.8, 4) is 0 Å². The van der Waals surface area contributed by atoms with E-state index in [4.69, 9.17) is 4.42 Å². The van der Waals surface area contributed by atoms with Gasteiger partial charge >= 0.3 is 0 Å². The minimum atomic E-state index is -2.94. The van der Waals surface area contributed by atoms with E-state index < -0.39 is 9.84 Å². The van der Waals surface area contributed by atoms with E-state index in [1.54, 1.807) is 11.9 Å². The Kier molecular flexibility index (Phi) is 4.86. The minimum Gasteiger partial charge on any atom is -0.441 e. The van der Waals surface area contributed by atoms with Crippen LogP contribution in [0.5, 0.6) is 0 Å². The highest BCUT2D eigenvalue weighted by molar-refractivity contribution is 7.91. The van der Waals surface area contributed by atoms with E-state index >= 15 is 0 Å². The fraction of sp³-hybridized carbons (Fsp3) is 0.500. The molecule has 1 saturated heterocycles. The molecule has 1 aliphatic rings. The Morgan fingerprint density at radius 1 is 1.42 bits per heavy atom. The van der Waals surface area contributed by atoms with Gasteiger partial charge in [-0.05, 0) is 25.6 Å². The zero-order chi connectivity index (χ0) is 17.2. The molecule has 0 saturated carbocycles. The summed E-state index contributed by atoms with van der Waals surface area (Å²) in [4.78, 5) is 18.1. The van der Waals surface area contributed by atoms with Gasteiger partial charge in [-0.2, -0.15) is 0 Å². The van der Waals surface area contributed by atoms with Crippen LogP contribution >= 0.6 is 0 Å². The van der Waals surface area contributed by atoms with Crippen LogP contribution in [0.4, 0.5) is 0 Å². The van der Waals surface area contributed by atoms with Crippen molar-refractivity contribution < 1.29 is 17.6 Å². The van der Waals surface area contributed by atoms with Crippen LogP contribution in [0.1, 0.15) is 12.3 Å². The quantitative estimate of drug-likeness (QED) is 0.819. The maximum Gasteiger partial charge on any atom is 0.234 e. The van der Waals surface area contributed by atoms with Crippen molar-refractivity contribution in [1.29, 1.82) is 0 Å². The van der Waals surface area contributed by atoms with Crippen LogP contribution in [-0.4, -0.2) is 61.9 Å². The predicted molar refractivity (Wildman–Crippen MR) is 90.4 cm³/mol. The fourth-order valence-corrected chi connectivity index (χ4v) is 4.68. The van der Waals surface area contributed by atoms with E-state index in [0.29, 0.717) is 25.3 Å². The van der Waals surface area contributed by atoms with Gasteiger partial charge in [0, 0.05) is 19.0 Å². The molecule has 0 aliphatic carbocycles. The third kappa shape index (κ3) is 4.12. The highest BCUT2D eigenvalue weighted by Gasteiger charge is 2.31. The molecular formula is C16H21N3O4S. The predicted octanol–water partition coefficient (Wildman–Crippen LogP) is 0.605. The van der Waals surface area contributed by atoms with Crippen molar-refractivity contribution in [3.05, 3.63) is 30.2 Å². The van der Waals surface area contributed by atoms with E-state index in [2.05, 4.69) is 10.3 Å². The first-order valence-corrected chi connectivity index (χ1v) is 9.77. The molecule has 1 amide bonds. The summed E-state index contributed by atoms with van der Waals surface area (Å²) in [6.07, 6.45) is 1.11. The first-order chi connectivity index (χ1) is 11.4. The third-order valence-electron chi connectivity index (χ3n) is 4.22. The number of amides is 1. The van der Waals surface area contributed by atoms with Crippen molar-refractivity contribution in [2.45, 2.75) is 18.9 Å². The number of nitrogens with one attached hydrogen (secondary N) is 1. The molecule has 1 atom stereocenters. The summed E-state index contributed by atoms with van der Waals surface area (Å²) in [5.74, 6) is 0.811. The Morgan fingerprint density at radius 2 is 2.21 bits per heavy atom. The lowest BCUT2D eigenvalue weighted by Gasteiger charge is -2.22. The first kappa shape index (κ1) is 16.9. The van der Waals surface area contributed by atoms with Gasteiger partial charge in [-0.3, -0.25) is 9.69 Å². The first-order valence-electron chi connectivity index (χ1n) is 7.95. The number of benzene rings is 1. The number of oxazole rings is 1. The summed E-state index contributed by atoms with van der Waals surface area (Å²) < 4.78 is 28.6. The molecular weight excluding hydrogens is 330 g/mol. The van der Waals surface area contributed by atoms with Crippen molar-refractivity contribution in [2.75, 3.05) is 31.6 Å². The normalized spacial score (nSPS) is 19.8. The number of nitrogens with zero attached hydrogens (tertiary/aromatic N) is 2. The SMILES string of the molecule is CN(CC(=O)NCCc1nc2ccccc2o1)C1CCS(=O)(=O)C1. The summed E-state index contributed by atoms with van der Waals surface area (Å²) in [5.41, 5.74) is 1.54. The van der Waals surface area contributed by atoms with Gasteiger partial charge in [0.25, 0.3) is 0 Å². The lowest BCUT2D eigenvalue weighted by Crippen LogP contribution is -2.41. The van der Waals surface area contributed by atoms with E-state index in [1.165, 1.54) is 0 Å². The zero-order valence-corrected chi connectivity index (χ0v) is 14.4. The van der Waals surface area contributed by atoms with Crippen molar-refractivity contribution >= 4 is 26.8 Å². The smallest absolute Gasteiger partial charge is 0.234 e. The topological polar surface area (TPSA) is 92.5 Å². The molecule has 2 aromatic rings. The standard InChI is InChI=1S/C16H21N3O4S/c1-19(12-7-9-24(21,22)11-12)10-15(20)17-8-6-16-18-13-4-2-3-5-14(13)23-16/h2-5,12H,6-11H2,1H3,(H,17,20). The number of aromatic nitrogens is 1. The summed E-state index contributed by atoms with van der Waals surface area (Å²) >= 11 is 0. The van der Waals surface area contributed by atoms with Crippen LogP contribution in [0.15, 0.2) is 28.7 Å². The largest absolute Gasteiger partial charge is 0.441 e. The van der Waals surface area contributed by atoms with Gasteiger partial charge in [0.15, 0.2) is 21.3 Å². The maximum absolute atomic E-state index is 12.0. The number of hydrogen-bond acceptors (Lipinski definition) is 6. The zero-order valence-electron chi connectivity index (χ0n) is 13.6. The Balaban J connectivity index is 1.44. The molecule has 1 fully saturated rings. The number of para-hydroxylation sites is 2. The molecule has 1 aromatic heterocycles. The monoisotopic (exact) mass is 351 g/mol. The molecule has 8 heteroatoms. The van der Waals surface area contributed by atoms with Gasteiger partial charge < -0.3 is 9.73 Å². The van der Waals surface area contributed by atoms with Crippen LogP contribution in [0.3, 0.4) is 0 Å². The second kappa shape index (κ2) is 6.90. The number of fused-ring (bicyclic) bond motifs is 1. The molecule has 1 aliphatic heterocycles. The van der Waals surface area contributed by atoms with Gasteiger partial charge in [-0.1, -0.05) is 12.1 Å². The van der Waals surface area contributed by atoms with Crippen LogP contribution in [0.25, 0.3) is 11.1 Å². The van der Waals surface area contributed by atoms with Gasteiger partial charge in [-0.25, -0.2) is 13.4 Å². The number of carbonyl (C=O) groups is 1. The third-order valence-corrected chi connectivity index (χ3v) is 5.97. The number of sulfone groups is 1. The number of carbonyl (C=O) groups excluding carboxylic acids is 1. The summed E-state index contributed by atoms with van der Waals surface area (Å²) in [5, 5.41) is 2.82. The Labute approximate surface area is 141 Å². The highest BCUT2D eigenvalue weighted by Crippen LogP contribution is 2.16. The van der Waals surface area contributed by atoms with Crippen LogP contribution in [-0.2, 0) is 21.1 Å². The van der Waals surface area contributed by atoms with E-state index in [-0.39, 0.29) is 30.0 Å². The van der Waals surface area contributed by atoms with Crippen LogP contribution in [0.2, 0.25) is 0 Å². The molecule has 130 valence electrons. The van der Waals surface area contributed by atoms with Crippen molar-refractivity contribution in [3.63, 3.8) is 0 Å². The molecule has 1 aromatic carbocycles. The molecule has 0 bridgehead atoms. The average Bonchev–Trinajstić information content (AvgIpc) is 3.09.